The molecule has 0 amide bonds. The van der Waals surface area contributed by atoms with Crippen LogP contribution >= 0.6 is 0 Å². The van der Waals surface area contributed by atoms with Gasteiger partial charge >= 0.3 is 0 Å². The van der Waals surface area contributed by atoms with E-state index in [1.807, 2.05) is 0 Å². The Hall–Kier alpha value is -0.0900. The maximum atomic E-state index is 10.8. The molecule has 0 aromatic heterocycles. The van der Waals surface area contributed by atoms with Gasteiger partial charge in [0.2, 0.25) is 0 Å². The van der Waals surface area contributed by atoms with Crippen LogP contribution in [-0.4, -0.2) is 25.5 Å². The molecule has 1 saturated heterocycles. The van der Waals surface area contributed by atoms with E-state index in [2.05, 4.69) is 0 Å². The third kappa shape index (κ3) is 1.66. The lowest BCUT2D eigenvalue weighted by Gasteiger charge is -2.12. The molecule has 1 rings (SSSR count). The van der Waals surface area contributed by atoms with Gasteiger partial charge in [-0.25, -0.2) is 8.42 Å². The van der Waals surface area contributed by atoms with E-state index in [-0.39, 0.29) is 11.5 Å². The zero-order chi connectivity index (χ0) is 7.12. The second-order valence-electron chi connectivity index (χ2n) is 3.00. The molecule has 0 bridgehead atoms. The van der Waals surface area contributed by atoms with Crippen molar-refractivity contribution in [1.82, 2.24) is 0 Å². The monoisotopic (exact) mass is 149 g/mol. The second kappa shape index (κ2) is 1.70. The molecule has 0 aromatic rings. The van der Waals surface area contributed by atoms with Gasteiger partial charge in [0.25, 0.3) is 0 Å². The van der Waals surface area contributed by atoms with Crippen LogP contribution in [0, 0.1) is 0 Å². The molecule has 0 spiro atoms. The van der Waals surface area contributed by atoms with E-state index in [0.717, 1.165) is 0 Å². The van der Waals surface area contributed by atoms with E-state index in [9.17, 15) is 8.42 Å². The van der Waals surface area contributed by atoms with Gasteiger partial charge in [-0.2, -0.15) is 0 Å². The normalized spacial score (nSPS) is 41.1. The fourth-order valence-corrected chi connectivity index (χ4v) is 3.11. The third-order valence-electron chi connectivity index (χ3n) is 1.53. The van der Waals surface area contributed by atoms with Gasteiger partial charge in [-0.3, -0.25) is 0 Å². The quantitative estimate of drug-likeness (QED) is 0.506. The highest BCUT2D eigenvalue weighted by Crippen LogP contribution is 2.19. The molecule has 3 nitrogen and oxygen atoms in total. The lowest BCUT2D eigenvalue weighted by Crippen LogP contribution is -2.36. The molecule has 54 valence electrons. The van der Waals surface area contributed by atoms with Crippen LogP contribution < -0.4 is 5.73 Å². The molecule has 2 N–H and O–H groups in total. The van der Waals surface area contributed by atoms with Crippen LogP contribution in [0.15, 0.2) is 0 Å². The summed E-state index contributed by atoms with van der Waals surface area (Å²) in [4.78, 5) is 0. The van der Waals surface area contributed by atoms with Gasteiger partial charge in [-0.15, -0.1) is 0 Å². The SMILES string of the molecule is CC1(N)CCS(=O)(=O)C1. The smallest absolute Gasteiger partial charge is 0.152 e. The summed E-state index contributed by atoms with van der Waals surface area (Å²) < 4.78 is 21.5. The summed E-state index contributed by atoms with van der Waals surface area (Å²) in [6, 6.07) is 0. The first-order valence-electron chi connectivity index (χ1n) is 2.91. The van der Waals surface area contributed by atoms with Gasteiger partial charge in [0.1, 0.15) is 0 Å². The van der Waals surface area contributed by atoms with Crippen molar-refractivity contribution >= 4 is 9.84 Å². The Morgan fingerprint density at radius 3 is 2.22 bits per heavy atom. The van der Waals surface area contributed by atoms with Crippen molar-refractivity contribution in [1.29, 1.82) is 0 Å². The van der Waals surface area contributed by atoms with Crippen molar-refractivity contribution in [2.24, 2.45) is 5.73 Å². The largest absolute Gasteiger partial charge is 0.324 e. The number of hydrogen-bond acceptors (Lipinski definition) is 3. The number of sulfone groups is 1. The Balaban J connectivity index is 2.81. The van der Waals surface area contributed by atoms with Crippen LogP contribution in [0.25, 0.3) is 0 Å². The molecule has 1 aliphatic heterocycles. The van der Waals surface area contributed by atoms with Crippen LogP contribution in [0.4, 0.5) is 0 Å². The van der Waals surface area contributed by atoms with E-state index < -0.39 is 15.4 Å². The lowest BCUT2D eigenvalue weighted by molar-refractivity contribution is 0.530. The third-order valence-corrected chi connectivity index (χ3v) is 3.46. The average Bonchev–Trinajstić information content (AvgIpc) is 1.78. The maximum Gasteiger partial charge on any atom is 0.152 e. The van der Waals surface area contributed by atoms with Crippen molar-refractivity contribution in [3.63, 3.8) is 0 Å². The fraction of sp³-hybridized carbons (Fsp3) is 1.00. The van der Waals surface area contributed by atoms with E-state index in [0.29, 0.717) is 6.42 Å². The summed E-state index contributed by atoms with van der Waals surface area (Å²) in [5.74, 6) is 0.417. The first-order chi connectivity index (χ1) is 3.91. The minimum absolute atomic E-state index is 0.153. The molecule has 0 saturated carbocycles. The van der Waals surface area contributed by atoms with E-state index >= 15 is 0 Å². The molecule has 1 atom stereocenters. The molecule has 1 aliphatic rings. The molecule has 1 heterocycles. The predicted octanol–water partition coefficient (Wildman–Crippen LogP) is -0.478. The van der Waals surface area contributed by atoms with Gasteiger partial charge in [0.15, 0.2) is 9.84 Å². The number of nitrogens with two attached hydrogens (primary N) is 1. The minimum Gasteiger partial charge on any atom is -0.324 e. The Bertz CT molecular complexity index is 205. The van der Waals surface area contributed by atoms with Gasteiger partial charge < -0.3 is 5.73 Å². The molecular weight excluding hydrogens is 138 g/mol. The molecule has 0 aromatic carbocycles. The number of rotatable bonds is 0. The lowest BCUT2D eigenvalue weighted by atomic mass is 10.1. The van der Waals surface area contributed by atoms with E-state index in [4.69, 9.17) is 5.73 Å². The Morgan fingerprint density at radius 2 is 2.11 bits per heavy atom. The standard InChI is InChI=1S/C5H11NO2S/c1-5(6)2-3-9(7,8)4-5/h2-4,6H2,1H3. The van der Waals surface area contributed by atoms with E-state index in [1.165, 1.54) is 0 Å². The van der Waals surface area contributed by atoms with Crippen LogP contribution in [0.2, 0.25) is 0 Å². The van der Waals surface area contributed by atoms with Crippen molar-refractivity contribution in [2.75, 3.05) is 11.5 Å². The Morgan fingerprint density at radius 1 is 1.56 bits per heavy atom. The highest BCUT2D eigenvalue weighted by molar-refractivity contribution is 7.91. The molecule has 0 aliphatic carbocycles. The summed E-state index contributed by atoms with van der Waals surface area (Å²) in [5, 5.41) is 0. The molecule has 4 heteroatoms. The molecular formula is C5H11NO2S. The van der Waals surface area contributed by atoms with Gasteiger partial charge in [0.05, 0.1) is 11.5 Å². The van der Waals surface area contributed by atoms with Crippen molar-refractivity contribution in [3.05, 3.63) is 0 Å². The summed E-state index contributed by atoms with van der Waals surface area (Å²) >= 11 is 0. The summed E-state index contributed by atoms with van der Waals surface area (Å²) in [7, 11) is -2.78. The number of hydrogen-bond donors (Lipinski definition) is 1. The molecule has 0 radical (unpaired) electrons. The van der Waals surface area contributed by atoms with Crippen molar-refractivity contribution in [3.8, 4) is 0 Å². The first-order valence-corrected chi connectivity index (χ1v) is 4.73. The van der Waals surface area contributed by atoms with Gasteiger partial charge in [-0.05, 0) is 13.3 Å². The molecule has 9 heavy (non-hydrogen) atoms. The van der Waals surface area contributed by atoms with Crippen LogP contribution in [0.3, 0.4) is 0 Å². The topological polar surface area (TPSA) is 60.2 Å². The predicted molar refractivity (Wildman–Crippen MR) is 35.9 cm³/mol. The maximum absolute atomic E-state index is 10.8. The van der Waals surface area contributed by atoms with E-state index in [1.54, 1.807) is 6.92 Å². The van der Waals surface area contributed by atoms with Crippen LogP contribution in [0.5, 0.6) is 0 Å². The van der Waals surface area contributed by atoms with Crippen LogP contribution in [-0.2, 0) is 9.84 Å². The average molecular weight is 149 g/mol. The zero-order valence-corrected chi connectivity index (χ0v) is 6.24. The second-order valence-corrected chi connectivity index (χ2v) is 5.18. The van der Waals surface area contributed by atoms with Gasteiger partial charge in [-0.1, -0.05) is 0 Å². The summed E-state index contributed by atoms with van der Waals surface area (Å²) in [5.41, 5.74) is 5.11. The minimum atomic E-state index is -2.78. The molecule has 1 fully saturated rings. The highest BCUT2D eigenvalue weighted by Gasteiger charge is 2.34. The zero-order valence-electron chi connectivity index (χ0n) is 5.42. The van der Waals surface area contributed by atoms with Crippen molar-refractivity contribution in [2.45, 2.75) is 18.9 Å². The molecule has 1 unspecified atom stereocenters. The Labute approximate surface area is 55.2 Å². The summed E-state index contributed by atoms with van der Waals surface area (Å²) in [6.45, 7) is 1.78. The Kier molecular flexibility index (Phi) is 1.33. The summed E-state index contributed by atoms with van der Waals surface area (Å²) in [6.07, 6.45) is 0.606. The highest BCUT2D eigenvalue weighted by atomic mass is 32.2. The first kappa shape index (κ1) is 7.02. The van der Waals surface area contributed by atoms with Crippen LogP contribution in [0.1, 0.15) is 13.3 Å². The fourth-order valence-electron chi connectivity index (χ4n) is 1.04. The van der Waals surface area contributed by atoms with Crippen molar-refractivity contribution < 1.29 is 8.42 Å². The van der Waals surface area contributed by atoms with Gasteiger partial charge in [0, 0.05) is 5.54 Å².